The highest BCUT2D eigenvalue weighted by molar-refractivity contribution is 6.02. The zero-order valence-electron chi connectivity index (χ0n) is 12.2. The highest BCUT2D eigenvalue weighted by Crippen LogP contribution is 2.30. The Labute approximate surface area is 119 Å². The number of methoxy groups -OCH3 is 1. The Balaban J connectivity index is 2.26. The molecular formula is C15H20N2O3. The molecule has 0 aliphatic carbocycles. The summed E-state index contributed by atoms with van der Waals surface area (Å²) in [4.78, 5) is 27.2. The summed E-state index contributed by atoms with van der Waals surface area (Å²) in [6.07, 6.45) is 0. The fourth-order valence-corrected chi connectivity index (χ4v) is 2.57. The summed E-state index contributed by atoms with van der Waals surface area (Å²) in [5.41, 5.74) is 1.51. The first-order valence-corrected chi connectivity index (χ1v) is 6.73. The van der Waals surface area contributed by atoms with Crippen LogP contribution in [0.5, 0.6) is 5.75 Å². The Morgan fingerprint density at radius 1 is 1.10 bits per heavy atom. The lowest BCUT2D eigenvalue weighted by atomic mass is 10.1. The van der Waals surface area contributed by atoms with Crippen molar-refractivity contribution in [2.45, 2.75) is 13.8 Å². The van der Waals surface area contributed by atoms with E-state index < -0.39 is 0 Å². The van der Waals surface area contributed by atoms with Gasteiger partial charge in [0.1, 0.15) is 5.75 Å². The van der Waals surface area contributed by atoms with E-state index in [-0.39, 0.29) is 11.7 Å². The second kappa shape index (κ2) is 5.94. The first-order chi connectivity index (χ1) is 9.54. The summed E-state index contributed by atoms with van der Waals surface area (Å²) in [5.74, 6) is 0.692. The minimum absolute atomic E-state index is 0.00792. The molecule has 0 unspecified atom stereocenters. The molecule has 0 radical (unpaired) electrons. The normalized spacial score (nSPS) is 15.2. The van der Waals surface area contributed by atoms with Gasteiger partial charge in [0.2, 0.25) is 5.91 Å². The van der Waals surface area contributed by atoms with Crippen molar-refractivity contribution in [3.8, 4) is 5.75 Å². The van der Waals surface area contributed by atoms with Crippen LogP contribution in [-0.4, -0.2) is 49.9 Å². The van der Waals surface area contributed by atoms with Gasteiger partial charge >= 0.3 is 0 Å². The molecule has 0 spiro atoms. The van der Waals surface area contributed by atoms with E-state index in [0.717, 1.165) is 18.8 Å². The molecule has 1 fully saturated rings. The second-order valence-electron chi connectivity index (χ2n) is 4.90. The van der Waals surface area contributed by atoms with Crippen LogP contribution in [0.25, 0.3) is 0 Å². The third kappa shape index (κ3) is 2.76. The highest BCUT2D eigenvalue weighted by Gasteiger charge is 2.23. The Morgan fingerprint density at radius 3 is 2.25 bits per heavy atom. The SMILES string of the molecule is COc1cccc(N2CCN(C(C)=O)CC2)c1C(C)=O. The van der Waals surface area contributed by atoms with Crippen LogP contribution in [-0.2, 0) is 4.79 Å². The van der Waals surface area contributed by atoms with Crippen molar-refractivity contribution < 1.29 is 14.3 Å². The molecule has 1 aliphatic heterocycles. The molecule has 5 heteroatoms. The van der Waals surface area contributed by atoms with Crippen LogP contribution in [0.4, 0.5) is 5.69 Å². The standard InChI is InChI=1S/C15H20N2O3/c1-11(18)15-13(5-4-6-14(15)20-3)17-9-7-16(8-10-17)12(2)19/h4-6H,7-10H2,1-3H3. The van der Waals surface area contributed by atoms with Crippen LogP contribution in [0.2, 0.25) is 0 Å². The Hall–Kier alpha value is -2.04. The number of ketones is 1. The maximum absolute atomic E-state index is 11.9. The minimum atomic E-state index is -0.00792. The van der Waals surface area contributed by atoms with Crippen molar-refractivity contribution in [1.82, 2.24) is 4.90 Å². The molecule has 5 nitrogen and oxygen atoms in total. The van der Waals surface area contributed by atoms with Crippen LogP contribution in [0.1, 0.15) is 24.2 Å². The van der Waals surface area contributed by atoms with Crippen LogP contribution < -0.4 is 9.64 Å². The molecule has 1 aromatic rings. The van der Waals surface area contributed by atoms with Gasteiger partial charge in [-0.2, -0.15) is 0 Å². The second-order valence-corrected chi connectivity index (χ2v) is 4.90. The van der Waals surface area contributed by atoms with E-state index in [1.54, 1.807) is 27.0 Å². The molecular weight excluding hydrogens is 256 g/mol. The number of hydrogen-bond acceptors (Lipinski definition) is 4. The van der Waals surface area contributed by atoms with Crippen molar-refractivity contribution in [3.05, 3.63) is 23.8 Å². The predicted molar refractivity (Wildman–Crippen MR) is 77.5 cm³/mol. The minimum Gasteiger partial charge on any atom is -0.496 e. The van der Waals surface area contributed by atoms with Gasteiger partial charge in [-0.25, -0.2) is 0 Å². The Bertz CT molecular complexity index is 520. The van der Waals surface area contributed by atoms with Gasteiger partial charge in [0.15, 0.2) is 5.78 Å². The molecule has 0 N–H and O–H groups in total. The number of rotatable bonds is 3. The fourth-order valence-electron chi connectivity index (χ4n) is 2.57. The molecule has 1 aliphatic rings. The molecule has 1 amide bonds. The lowest BCUT2D eigenvalue weighted by molar-refractivity contribution is -0.129. The Kier molecular flexibility index (Phi) is 4.27. The first kappa shape index (κ1) is 14.4. The quantitative estimate of drug-likeness (QED) is 0.786. The number of Topliss-reactive ketones (excluding diaryl/α,β-unsaturated/α-hetero) is 1. The molecule has 20 heavy (non-hydrogen) atoms. The van der Waals surface area contributed by atoms with Crippen LogP contribution in [0.15, 0.2) is 18.2 Å². The maximum atomic E-state index is 11.9. The third-order valence-electron chi connectivity index (χ3n) is 3.64. The molecule has 0 atom stereocenters. The van der Waals surface area contributed by atoms with E-state index in [1.807, 2.05) is 17.0 Å². The summed E-state index contributed by atoms with van der Waals surface area (Å²) in [7, 11) is 1.57. The lowest BCUT2D eigenvalue weighted by Gasteiger charge is -2.36. The molecule has 1 heterocycles. The van der Waals surface area contributed by atoms with Crippen molar-refractivity contribution in [2.24, 2.45) is 0 Å². The van der Waals surface area contributed by atoms with Gasteiger partial charge in [-0.3, -0.25) is 9.59 Å². The van der Waals surface area contributed by atoms with E-state index in [4.69, 9.17) is 4.74 Å². The average Bonchev–Trinajstić information content (AvgIpc) is 2.46. The number of ether oxygens (including phenoxy) is 1. The number of amides is 1. The number of anilines is 1. The van der Waals surface area contributed by atoms with Crippen molar-refractivity contribution in [1.29, 1.82) is 0 Å². The number of carbonyl (C=O) groups excluding carboxylic acids is 2. The zero-order chi connectivity index (χ0) is 14.7. The number of benzene rings is 1. The predicted octanol–water partition coefficient (Wildman–Crippen LogP) is 1.57. The van der Waals surface area contributed by atoms with Crippen LogP contribution >= 0.6 is 0 Å². The van der Waals surface area contributed by atoms with Gasteiger partial charge in [-0.05, 0) is 19.1 Å². The van der Waals surface area contributed by atoms with E-state index in [2.05, 4.69) is 4.90 Å². The van der Waals surface area contributed by atoms with Crippen molar-refractivity contribution in [3.63, 3.8) is 0 Å². The van der Waals surface area contributed by atoms with Crippen molar-refractivity contribution in [2.75, 3.05) is 38.2 Å². The summed E-state index contributed by atoms with van der Waals surface area (Å²) >= 11 is 0. The van der Waals surface area contributed by atoms with E-state index in [0.29, 0.717) is 24.4 Å². The molecule has 2 rings (SSSR count). The first-order valence-electron chi connectivity index (χ1n) is 6.73. The van der Waals surface area contributed by atoms with Gasteiger partial charge in [0.05, 0.1) is 18.4 Å². The average molecular weight is 276 g/mol. The molecule has 0 saturated carbocycles. The van der Waals surface area contributed by atoms with Gasteiger partial charge in [0, 0.05) is 33.1 Å². The molecule has 108 valence electrons. The summed E-state index contributed by atoms with van der Waals surface area (Å²) < 4.78 is 5.29. The van der Waals surface area contributed by atoms with E-state index in [1.165, 1.54) is 0 Å². The smallest absolute Gasteiger partial charge is 0.219 e. The lowest BCUT2D eigenvalue weighted by Crippen LogP contribution is -2.48. The third-order valence-corrected chi connectivity index (χ3v) is 3.64. The molecule has 0 aromatic heterocycles. The number of nitrogens with zero attached hydrogens (tertiary/aromatic N) is 2. The van der Waals surface area contributed by atoms with E-state index >= 15 is 0 Å². The highest BCUT2D eigenvalue weighted by atomic mass is 16.5. The zero-order valence-corrected chi connectivity index (χ0v) is 12.2. The largest absolute Gasteiger partial charge is 0.496 e. The fraction of sp³-hybridized carbons (Fsp3) is 0.467. The number of piperazine rings is 1. The maximum Gasteiger partial charge on any atom is 0.219 e. The monoisotopic (exact) mass is 276 g/mol. The number of carbonyl (C=O) groups is 2. The Morgan fingerprint density at radius 2 is 1.75 bits per heavy atom. The van der Waals surface area contributed by atoms with Gasteiger partial charge in [-0.15, -0.1) is 0 Å². The van der Waals surface area contributed by atoms with Gasteiger partial charge in [-0.1, -0.05) is 6.07 Å². The molecule has 0 bridgehead atoms. The van der Waals surface area contributed by atoms with Crippen LogP contribution in [0, 0.1) is 0 Å². The van der Waals surface area contributed by atoms with Crippen LogP contribution in [0.3, 0.4) is 0 Å². The van der Waals surface area contributed by atoms with E-state index in [9.17, 15) is 9.59 Å². The molecule has 1 aromatic carbocycles. The molecule has 1 saturated heterocycles. The topological polar surface area (TPSA) is 49.9 Å². The van der Waals surface area contributed by atoms with Gasteiger partial charge < -0.3 is 14.5 Å². The summed E-state index contributed by atoms with van der Waals surface area (Å²) in [5, 5.41) is 0. The van der Waals surface area contributed by atoms with Crippen molar-refractivity contribution >= 4 is 17.4 Å². The summed E-state index contributed by atoms with van der Waals surface area (Å²) in [6.45, 7) is 5.96. The number of hydrogen-bond donors (Lipinski definition) is 0. The summed E-state index contributed by atoms with van der Waals surface area (Å²) in [6, 6.07) is 5.62. The van der Waals surface area contributed by atoms with Gasteiger partial charge in [0.25, 0.3) is 0 Å².